The van der Waals surface area contributed by atoms with Gasteiger partial charge in [0.25, 0.3) is 0 Å². The number of rotatable bonds is 4. The molecule has 2 aliphatic rings. The summed E-state index contributed by atoms with van der Waals surface area (Å²) >= 11 is 0. The number of nitrogens with one attached hydrogen (secondary N) is 1. The second-order valence-corrected chi connectivity index (χ2v) is 5.22. The van der Waals surface area contributed by atoms with E-state index in [0.717, 1.165) is 36.9 Å². The van der Waals surface area contributed by atoms with Crippen LogP contribution in [0.15, 0.2) is 23.2 Å². The molecule has 0 aromatic heterocycles. The van der Waals surface area contributed by atoms with E-state index in [9.17, 15) is 0 Å². The number of piperidine rings is 1. The maximum absolute atomic E-state index is 5.51. The van der Waals surface area contributed by atoms with Crippen LogP contribution in [0.4, 0.5) is 0 Å². The van der Waals surface area contributed by atoms with Gasteiger partial charge in [-0.1, -0.05) is 6.92 Å². The normalized spacial score (nSPS) is 28.9. The molecule has 1 aliphatic carbocycles. The average Bonchev–Trinajstić information content (AvgIpc) is 2.41. The fourth-order valence-corrected chi connectivity index (χ4v) is 2.80. The Kier molecular flexibility index (Phi) is 4.70. The van der Waals surface area contributed by atoms with Gasteiger partial charge < -0.3 is 14.8 Å². The predicted octanol–water partition coefficient (Wildman–Crippen LogP) is 2.66. The summed E-state index contributed by atoms with van der Waals surface area (Å²) in [5.41, 5.74) is 1.28. The molecule has 1 fully saturated rings. The number of allylic oxidation sites excluding steroid dienone is 4. The molecule has 3 nitrogen and oxygen atoms in total. The molecule has 18 heavy (non-hydrogen) atoms. The number of methoxy groups -OCH3 is 2. The Morgan fingerprint density at radius 2 is 2.17 bits per heavy atom. The number of hydrogen-bond acceptors (Lipinski definition) is 3. The van der Waals surface area contributed by atoms with Gasteiger partial charge in [0.2, 0.25) is 0 Å². The van der Waals surface area contributed by atoms with Crippen molar-refractivity contribution in [3.8, 4) is 0 Å². The molecule has 1 heterocycles. The summed E-state index contributed by atoms with van der Waals surface area (Å²) in [5.74, 6) is 3.08. The van der Waals surface area contributed by atoms with E-state index in [1.54, 1.807) is 14.2 Å². The molecule has 1 radical (unpaired) electrons. The summed E-state index contributed by atoms with van der Waals surface area (Å²) in [7, 11) is 3.50. The fourth-order valence-electron chi connectivity index (χ4n) is 2.80. The summed E-state index contributed by atoms with van der Waals surface area (Å²) in [5, 5.41) is 3.47. The second-order valence-electron chi connectivity index (χ2n) is 5.22. The number of ether oxygens (including phenoxy) is 2. The van der Waals surface area contributed by atoms with Crippen LogP contribution < -0.4 is 5.32 Å². The van der Waals surface area contributed by atoms with Crippen LogP contribution in [0.1, 0.15) is 26.2 Å². The Bertz CT molecular complexity index is 340. The van der Waals surface area contributed by atoms with Crippen molar-refractivity contribution >= 4 is 0 Å². The van der Waals surface area contributed by atoms with Gasteiger partial charge in [0, 0.05) is 12.3 Å². The summed E-state index contributed by atoms with van der Waals surface area (Å²) in [6.45, 7) is 4.41. The first kappa shape index (κ1) is 13.5. The van der Waals surface area contributed by atoms with Gasteiger partial charge in [-0.25, -0.2) is 0 Å². The molecule has 0 aromatic carbocycles. The monoisotopic (exact) mass is 250 g/mol. The van der Waals surface area contributed by atoms with E-state index < -0.39 is 0 Å². The van der Waals surface area contributed by atoms with Crippen molar-refractivity contribution < 1.29 is 9.47 Å². The lowest BCUT2D eigenvalue weighted by molar-refractivity contribution is 0.234. The van der Waals surface area contributed by atoms with E-state index in [0.29, 0.717) is 5.92 Å². The molecule has 0 aromatic rings. The molecule has 1 saturated heterocycles. The highest BCUT2D eigenvalue weighted by atomic mass is 16.5. The zero-order chi connectivity index (χ0) is 13.0. The first-order chi connectivity index (χ1) is 8.74. The fraction of sp³-hybridized carbons (Fsp3) is 0.667. The summed E-state index contributed by atoms with van der Waals surface area (Å²) in [4.78, 5) is 0. The van der Waals surface area contributed by atoms with Crippen LogP contribution in [-0.4, -0.2) is 27.3 Å². The smallest absolute Gasteiger partial charge is 0.103 e. The molecule has 0 amide bonds. The zero-order valence-corrected chi connectivity index (χ0v) is 11.7. The molecule has 2 atom stereocenters. The minimum atomic E-state index is 0.304. The van der Waals surface area contributed by atoms with E-state index in [1.807, 2.05) is 0 Å². The molecule has 101 valence electrons. The zero-order valence-electron chi connectivity index (χ0n) is 11.7. The maximum Gasteiger partial charge on any atom is 0.103 e. The van der Waals surface area contributed by atoms with Gasteiger partial charge in [0.05, 0.1) is 20.0 Å². The topological polar surface area (TPSA) is 30.5 Å². The van der Waals surface area contributed by atoms with Gasteiger partial charge in [-0.2, -0.15) is 0 Å². The van der Waals surface area contributed by atoms with Crippen LogP contribution in [-0.2, 0) is 9.47 Å². The summed E-state index contributed by atoms with van der Waals surface area (Å²) in [6, 6.07) is 0. The van der Waals surface area contributed by atoms with Crippen LogP contribution in [0.2, 0.25) is 0 Å². The Labute approximate surface area is 110 Å². The summed E-state index contributed by atoms with van der Waals surface area (Å²) < 4.78 is 11.0. The Morgan fingerprint density at radius 3 is 2.78 bits per heavy atom. The van der Waals surface area contributed by atoms with Crippen LogP contribution in [0.5, 0.6) is 0 Å². The minimum absolute atomic E-state index is 0.304. The molecular formula is C15H24NO2. The van der Waals surface area contributed by atoms with Gasteiger partial charge >= 0.3 is 0 Å². The molecule has 3 heteroatoms. The van der Waals surface area contributed by atoms with Crippen molar-refractivity contribution in [1.29, 1.82) is 0 Å². The highest BCUT2D eigenvalue weighted by molar-refractivity contribution is 5.36. The largest absolute Gasteiger partial charge is 0.501 e. The quantitative estimate of drug-likeness (QED) is 0.832. The molecule has 1 aliphatic heterocycles. The van der Waals surface area contributed by atoms with Crippen molar-refractivity contribution in [2.75, 3.05) is 27.3 Å². The van der Waals surface area contributed by atoms with E-state index in [-0.39, 0.29) is 0 Å². The lowest BCUT2D eigenvalue weighted by Gasteiger charge is -2.27. The first-order valence-corrected chi connectivity index (χ1v) is 6.83. The second kappa shape index (κ2) is 6.28. The van der Waals surface area contributed by atoms with Gasteiger partial charge in [-0.3, -0.25) is 0 Å². The SMILES string of the molecule is COC1=CC(C[C@H]2CCCNC2)=C(OC)[CH]C1C. The van der Waals surface area contributed by atoms with Crippen LogP contribution in [0, 0.1) is 18.3 Å². The van der Waals surface area contributed by atoms with Crippen molar-refractivity contribution in [3.05, 3.63) is 29.6 Å². The molecule has 1 N–H and O–H groups in total. The molecule has 0 spiro atoms. The van der Waals surface area contributed by atoms with E-state index in [1.165, 1.54) is 18.4 Å². The lowest BCUT2D eigenvalue weighted by Crippen LogP contribution is -2.30. The van der Waals surface area contributed by atoms with Crippen molar-refractivity contribution in [2.24, 2.45) is 11.8 Å². The van der Waals surface area contributed by atoms with Crippen molar-refractivity contribution in [3.63, 3.8) is 0 Å². The lowest BCUT2D eigenvalue weighted by atomic mass is 9.86. The van der Waals surface area contributed by atoms with Crippen molar-refractivity contribution in [1.82, 2.24) is 5.32 Å². The average molecular weight is 250 g/mol. The minimum Gasteiger partial charge on any atom is -0.501 e. The van der Waals surface area contributed by atoms with Gasteiger partial charge in [-0.05, 0) is 49.9 Å². The predicted molar refractivity (Wildman–Crippen MR) is 72.8 cm³/mol. The highest BCUT2D eigenvalue weighted by Gasteiger charge is 2.24. The molecular weight excluding hydrogens is 226 g/mol. The summed E-state index contributed by atoms with van der Waals surface area (Å²) in [6.07, 6.45) is 7.98. The molecule has 1 unspecified atom stereocenters. The standard InChI is InChI=1S/C15H24NO2/c1-11-7-15(18-3)13(9-14(11)17-2)8-12-5-4-6-16-10-12/h7,9,11-12,16H,4-6,8,10H2,1-3H3/t11?,12-/m1/s1. The third-order valence-corrected chi connectivity index (χ3v) is 3.85. The van der Waals surface area contributed by atoms with Crippen molar-refractivity contribution in [2.45, 2.75) is 26.2 Å². The Morgan fingerprint density at radius 1 is 1.33 bits per heavy atom. The first-order valence-electron chi connectivity index (χ1n) is 6.83. The van der Waals surface area contributed by atoms with E-state index in [2.05, 4.69) is 24.7 Å². The van der Waals surface area contributed by atoms with Gasteiger partial charge in [-0.15, -0.1) is 0 Å². The Balaban J connectivity index is 2.09. The van der Waals surface area contributed by atoms with E-state index in [4.69, 9.17) is 9.47 Å². The third-order valence-electron chi connectivity index (χ3n) is 3.85. The maximum atomic E-state index is 5.51. The van der Waals surface area contributed by atoms with Gasteiger partial charge in [0.1, 0.15) is 5.76 Å². The van der Waals surface area contributed by atoms with Gasteiger partial charge in [0.15, 0.2) is 0 Å². The van der Waals surface area contributed by atoms with Crippen LogP contribution >= 0.6 is 0 Å². The molecule has 0 bridgehead atoms. The van der Waals surface area contributed by atoms with Crippen LogP contribution in [0.25, 0.3) is 0 Å². The van der Waals surface area contributed by atoms with Crippen LogP contribution in [0.3, 0.4) is 0 Å². The third kappa shape index (κ3) is 3.08. The Hall–Kier alpha value is -0.960. The number of hydrogen-bond donors (Lipinski definition) is 1. The molecule has 2 rings (SSSR count). The van der Waals surface area contributed by atoms with E-state index >= 15 is 0 Å². The molecule has 0 saturated carbocycles. The highest BCUT2D eigenvalue weighted by Crippen LogP contribution is 2.33.